The van der Waals surface area contributed by atoms with Crippen LogP contribution in [0.2, 0.25) is 0 Å². The van der Waals surface area contributed by atoms with E-state index in [1.54, 1.807) is 6.07 Å². The molecule has 3 heteroatoms. The van der Waals surface area contributed by atoms with Crippen LogP contribution in [-0.4, -0.2) is 0 Å². The summed E-state index contributed by atoms with van der Waals surface area (Å²) in [5, 5.41) is 0.900. The van der Waals surface area contributed by atoms with Crippen molar-refractivity contribution in [3.05, 3.63) is 46.3 Å². The van der Waals surface area contributed by atoms with E-state index in [2.05, 4.69) is 0 Å². The lowest BCUT2D eigenvalue weighted by Gasteiger charge is -1.99. The maximum Gasteiger partial charge on any atom is 0.336 e. The number of hydrogen-bond acceptors (Lipinski definition) is 2. The molecule has 13 heavy (non-hydrogen) atoms. The molecule has 0 N–H and O–H groups in total. The first-order chi connectivity index (χ1) is 6.31. The first kappa shape index (κ1) is 8.32. The molecule has 1 heterocycles. The zero-order valence-electron chi connectivity index (χ0n) is 6.79. The Balaban J connectivity index is 2.89. The minimum atomic E-state index is -0.352. The summed E-state index contributed by atoms with van der Waals surface area (Å²) in [6, 6.07) is 8.78. The Morgan fingerprint density at radius 3 is 2.85 bits per heavy atom. The Morgan fingerprint density at radius 1 is 1.31 bits per heavy atom. The first-order valence-corrected chi connectivity index (χ1v) is 4.42. The predicted molar refractivity (Wildman–Crippen MR) is 52.0 cm³/mol. The SMILES string of the molecule is O=c1cc(CCl)c2ccccc2o1. The molecule has 0 amide bonds. The highest BCUT2D eigenvalue weighted by molar-refractivity contribution is 6.17. The van der Waals surface area contributed by atoms with E-state index in [9.17, 15) is 4.79 Å². The minimum absolute atomic E-state index is 0.326. The lowest BCUT2D eigenvalue weighted by molar-refractivity contribution is 0.559. The average Bonchev–Trinajstić information content (AvgIpc) is 2.16. The van der Waals surface area contributed by atoms with Crippen LogP contribution in [0.1, 0.15) is 5.56 Å². The van der Waals surface area contributed by atoms with Gasteiger partial charge in [0, 0.05) is 17.3 Å². The van der Waals surface area contributed by atoms with Crippen LogP contribution in [-0.2, 0) is 5.88 Å². The van der Waals surface area contributed by atoms with Gasteiger partial charge in [0.2, 0.25) is 0 Å². The maximum atomic E-state index is 11.0. The Morgan fingerprint density at radius 2 is 2.08 bits per heavy atom. The van der Waals surface area contributed by atoms with E-state index in [0.29, 0.717) is 11.5 Å². The molecule has 0 saturated heterocycles. The Bertz CT molecular complexity index is 487. The molecule has 2 nitrogen and oxygen atoms in total. The fraction of sp³-hybridized carbons (Fsp3) is 0.100. The van der Waals surface area contributed by atoms with Gasteiger partial charge in [-0.2, -0.15) is 0 Å². The molecule has 0 aliphatic rings. The molecule has 2 aromatic rings. The van der Waals surface area contributed by atoms with Crippen molar-refractivity contribution in [1.82, 2.24) is 0 Å². The van der Waals surface area contributed by atoms with Crippen molar-refractivity contribution in [1.29, 1.82) is 0 Å². The number of benzene rings is 1. The normalized spacial score (nSPS) is 10.5. The first-order valence-electron chi connectivity index (χ1n) is 3.89. The molecule has 0 unspecified atom stereocenters. The smallest absolute Gasteiger partial charge is 0.336 e. The number of rotatable bonds is 1. The second kappa shape index (κ2) is 3.23. The van der Waals surface area contributed by atoms with Crippen molar-refractivity contribution in [2.24, 2.45) is 0 Å². The minimum Gasteiger partial charge on any atom is -0.423 e. The maximum absolute atomic E-state index is 11.0. The van der Waals surface area contributed by atoms with Crippen LogP contribution < -0.4 is 5.63 Å². The molecule has 0 spiro atoms. The lowest BCUT2D eigenvalue weighted by Crippen LogP contribution is -1.98. The van der Waals surface area contributed by atoms with E-state index < -0.39 is 0 Å². The largest absolute Gasteiger partial charge is 0.423 e. The number of fused-ring (bicyclic) bond motifs is 1. The van der Waals surface area contributed by atoms with Crippen LogP contribution in [0.25, 0.3) is 11.0 Å². The van der Waals surface area contributed by atoms with Gasteiger partial charge in [-0.3, -0.25) is 0 Å². The van der Waals surface area contributed by atoms with E-state index in [4.69, 9.17) is 16.0 Å². The molecule has 0 atom stereocenters. The molecule has 2 rings (SSSR count). The summed E-state index contributed by atoms with van der Waals surface area (Å²) in [6.07, 6.45) is 0. The number of alkyl halides is 1. The molecular formula is C10H7ClO2. The summed E-state index contributed by atoms with van der Waals surface area (Å²) in [6.45, 7) is 0. The molecule has 0 fully saturated rings. The third-order valence-electron chi connectivity index (χ3n) is 1.88. The molecule has 0 saturated carbocycles. The summed E-state index contributed by atoms with van der Waals surface area (Å²) in [7, 11) is 0. The fourth-order valence-electron chi connectivity index (χ4n) is 1.29. The highest BCUT2D eigenvalue weighted by Gasteiger charge is 2.02. The van der Waals surface area contributed by atoms with Gasteiger partial charge in [0.25, 0.3) is 0 Å². The van der Waals surface area contributed by atoms with Gasteiger partial charge in [0.15, 0.2) is 0 Å². The quantitative estimate of drug-likeness (QED) is 0.516. The van der Waals surface area contributed by atoms with E-state index in [0.717, 1.165) is 10.9 Å². The fourth-order valence-corrected chi connectivity index (χ4v) is 1.51. The van der Waals surface area contributed by atoms with Crippen LogP contribution in [0, 0.1) is 0 Å². The van der Waals surface area contributed by atoms with Crippen molar-refractivity contribution in [2.75, 3.05) is 0 Å². The van der Waals surface area contributed by atoms with Crippen LogP contribution in [0.5, 0.6) is 0 Å². The molecule has 0 aliphatic heterocycles. The van der Waals surface area contributed by atoms with Crippen molar-refractivity contribution in [2.45, 2.75) is 5.88 Å². The van der Waals surface area contributed by atoms with Gasteiger partial charge >= 0.3 is 5.63 Å². The van der Waals surface area contributed by atoms with Crippen LogP contribution in [0.3, 0.4) is 0 Å². The monoisotopic (exact) mass is 194 g/mol. The van der Waals surface area contributed by atoms with Gasteiger partial charge in [0.1, 0.15) is 5.58 Å². The molecule has 0 aliphatic carbocycles. The summed E-state index contributed by atoms with van der Waals surface area (Å²) >= 11 is 5.70. The summed E-state index contributed by atoms with van der Waals surface area (Å²) < 4.78 is 4.99. The standard InChI is InChI=1S/C10H7ClO2/c11-6-7-5-10(12)13-9-4-2-1-3-8(7)9/h1-5H,6H2. The summed E-state index contributed by atoms with van der Waals surface area (Å²) in [4.78, 5) is 11.0. The van der Waals surface area contributed by atoms with Crippen molar-refractivity contribution in [3.8, 4) is 0 Å². The molecule has 66 valence electrons. The summed E-state index contributed by atoms with van der Waals surface area (Å²) in [5.74, 6) is 0.326. The van der Waals surface area contributed by atoms with Gasteiger partial charge in [-0.15, -0.1) is 11.6 Å². The van der Waals surface area contributed by atoms with Crippen LogP contribution in [0.4, 0.5) is 0 Å². The Kier molecular flexibility index (Phi) is 2.07. The Hall–Kier alpha value is -1.28. The number of halogens is 1. The molecule has 1 aromatic heterocycles. The Labute approximate surface area is 79.7 Å². The van der Waals surface area contributed by atoms with E-state index in [1.807, 2.05) is 18.2 Å². The third kappa shape index (κ3) is 1.45. The number of hydrogen-bond donors (Lipinski definition) is 0. The van der Waals surface area contributed by atoms with Gasteiger partial charge < -0.3 is 4.42 Å². The highest BCUT2D eigenvalue weighted by Crippen LogP contribution is 2.17. The molecule has 1 aromatic carbocycles. The second-order valence-corrected chi connectivity index (χ2v) is 2.99. The van der Waals surface area contributed by atoms with Gasteiger partial charge in [0.05, 0.1) is 0 Å². The predicted octanol–water partition coefficient (Wildman–Crippen LogP) is 2.53. The zero-order chi connectivity index (χ0) is 9.26. The van der Waals surface area contributed by atoms with E-state index in [-0.39, 0.29) is 5.63 Å². The van der Waals surface area contributed by atoms with E-state index in [1.165, 1.54) is 6.07 Å². The van der Waals surface area contributed by atoms with Crippen molar-refractivity contribution in [3.63, 3.8) is 0 Å². The summed E-state index contributed by atoms with van der Waals surface area (Å²) in [5.41, 5.74) is 1.05. The molecule has 0 radical (unpaired) electrons. The average molecular weight is 195 g/mol. The topological polar surface area (TPSA) is 30.2 Å². The molecular weight excluding hydrogens is 188 g/mol. The molecule has 0 bridgehead atoms. The van der Waals surface area contributed by atoms with Gasteiger partial charge in [-0.25, -0.2) is 4.79 Å². The van der Waals surface area contributed by atoms with Crippen molar-refractivity contribution < 1.29 is 4.42 Å². The third-order valence-corrected chi connectivity index (χ3v) is 2.17. The lowest BCUT2D eigenvalue weighted by atomic mass is 10.1. The second-order valence-electron chi connectivity index (χ2n) is 2.72. The highest BCUT2D eigenvalue weighted by atomic mass is 35.5. The van der Waals surface area contributed by atoms with Crippen LogP contribution >= 0.6 is 11.6 Å². The number of para-hydroxylation sites is 1. The van der Waals surface area contributed by atoms with Crippen LogP contribution in [0.15, 0.2) is 39.5 Å². The van der Waals surface area contributed by atoms with E-state index >= 15 is 0 Å². The van der Waals surface area contributed by atoms with Gasteiger partial charge in [-0.05, 0) is 11.6 Å². The van der Waals surface area contributed by atoms with Crippen molar-refractivity contribution >= 4 is 22.6 Å². The van der Waals surface area contributed by atoms with Gasteiger partial charge in [-0.1, -0.05) is 18.2 Å². The zero-order valence-corrected chi connectivity index (χ0v) is 7.54.